The van der Waals surface area contributed by atoms with Crippen LogP contribution in [0.25, 0.3) is 0 Å². The van der Waals surface area contributed by atoms with Gasteiger partial charge >= 0.3 is 0 Å². The molecule has 1 aliphatic carbocycles. The van der Waals surface area contributed by atoms with E-state index in [1.807, 2.05) is 0 Å². The smallest absolute Gasteiger partial charge is 0.164 e. The van der Waals surface area contributed by atoms with Crippen molar-refractivity contribution in [3.05, 3.63) is 29.3 Å². The van der Waals surface area contributed by atoms with Gasteiger partial charge in [0.1, 0.15) is 5.75 Å². The first-order valence-corrected chi connectivity index (χ1v) is 5.39. The van der Waals surface area contributed by atoms with Crippen LogP contribution in [0.5, 0.6) is 5.75 Å². The van der Waals surface area contributed by atoms with Crippen LogP contribution in [0.1, 0.15) is 31.2 Å². The summed E-state index contributed by atoms with van der Waals surface area (Å²) in [6, 6.07) is 2.54. The molecule has 1 fully saturated rings. The van der Waals surface area contributed by atoms with Crippen LogP contribution in [0.4, 0.5) is 8.78 Å². The number of hydrogen-bond acceptors (Lipinski definition) is 2. The van der Waals surface area contributed by atoms with Crippen molar-refractivity contribution in [3.63, 3.8) is 0 Å². The largest absolute Gasteiger partial charge is 0.497 e. The Morgan fingerprint density at radius 2 is 1.88 bits per heavy atom. The van der Waals surface area contributed by atoms with Crippen LogP contribution in [0.15, 0.2) is 12.1 Å². The highest BCUT2D eigenvalue weighted by Crippen LogP contribution is 2.39. The van der Waals surface area contributed by atoms with Crippen molar-refractivity contribution in [2.75, 3.05) is 7.11 Å². The van der Waals surface area contributed by atoms with Crippen LogP contribution < -0.4 is 10.5 Å². The van der Waals surface area contributed by atoms with Crippen LogP contribution in [0.2, 0.25) is 0 Å². The van der Waals surface area contributed by atoms with Gasteiger partial charge in [-0.15, -0.1) is 0 Å². The van der Waals surface area contributed by atoms with E-state index in [1.54, 1.807) is 0 Å². The van der Waals surface area contributed by atoms with Crippen molar-refractivity contribution in [1.29, 1.82) is 0 Å². The fraction of sp³-hybridized carbons (Fsp3) is 0.500. The zero-order chi connectivity index (χ0) is 11.8. The minimum atomic E-state index is -0.897. The predicted octanol–water partition coefficient (Wildman–Crippen LogP) is 2.70. The molecule has 0 aromatic heterocycles. The van der Waals surface area contributed by atoms with Gasteiger partial charge in [0.15, 0.2) is 11.6 Å². The van der Waals surface area contributed by atoms with Gasteiger partial charge in [-0.05, 0) is 18.9 Å². The van der Waals surface area contributed by atoms with Gasteiger partial charge in [0.25, 0.3) is 0 Å². The summed E-state index contributed by atoms with van der Waals surface area (Å²) in [7, 11) is 1.42. The standard InChI is InChI=1S/C12H15F2NO/c1-16-8-6-9(11(14)10(13)7-8)12(15)4-2-3-5-12/h6-7H,2-5,15H2,1H3. The van der Waals surface area contributed by atoms with E-state index in [-0.39, 0.29) is 5.56 Å². The summed E-state index contributed by atoms with van der Waals surface area (Å²) in [5.74, 6) is -1.43. The molecule has 0 spiro atoms. The molecule has 0 radical (unpaired) electrons. The molecule has 0 atom stereocenters. The van der Waals surface area contributed by atoms with Crippen LogP contribution in [-0.2, 0) is 5.54 Å². The van der Waals surface area contributed by atoms with E-state index in [9.17, 15) is 8.78 Å². The van der Waals surface area contributed by atoms with E-state index in [0.29, 0.717) is 18.6 Å². The topological polar surface area (TPSA) is 35.2 Å². The average Bonchev–Trinajstić information content (AvgIpc) is 2.70. The molecule has 2 N–H and O–H groups in total. The van der Waals surface area contributed by atoms with E-state index >= 15 is 0 Å². The number of rotatable bonds is 2. The van der Waals surface area contributed by atoms with E-state index in [0.717, 1.165) is 18.9 Å². The summed E-state index contributed by atoms with van der Waals surface area (Å²) in [4.78, 5) is 0. The van der Waals surface area contributed by atoms with Crippen LogP contribution in [0, 0.1) is 11.6 Å². The Kier molecular flexibility index (Phi) is 2.84. The molecule has 0 heterocycles. The number of ether oxygens (including phenoxy) is 1. The fourth-order valence-electron chi connectivity index (χ4n) is 2.32. The quantitative estimate of drug-likeness (QED) is 0.843. The third kappa shape index (κ3) is 1.78. The van der Waals surface area contributed by atoms with Crippen molar-refractivity contribution in [3.8, 4) is 5.75 Å². The minimum absolute atomic E-state index is 0.238. The molecule has 16 heavy (non-hydrogen) atoms. The Bertz CT molecular complexity index is 400. The number of methoxy groups -OCH3 is 1. The second-order valence-corrected chi connectivity index (χ2v) is 4.33. The second-order valence-electron chi connectivity index (χ2n) is 4.33. The summed E-state index contributed by atoms with van der Waals surface area (Å²) in [6.45, 7) is 0. The Labute approximate surface area is 93.4 Å². The molecule has 1 aromatic rings. The predicted molar refractivity (Wildman–Crippen MR) is 57.2 cm³/mol. The van der Waals surface area contributed by atoms with Crippen molar-refractivity contribution in [2.24, 2.45) is 5.73 Å². The summed E-state index contributed by atoms with van der Waals surface area (Å²) >= 11 is 0. The Hall–Kier alpha value is -1.16. The molecule has 4 heteroatoms. The molecule has 1 aliphatic rings. The molecule has 0 bridgehead atoms. The molecule has 0 unspecified atom stereocenters. The third-order valence-corrected chi connectivity index (χ3v) is 3.27. The van der Waals surface area contributed by atoms with Crippen LogP contribution in [0.3, 0.4) is 0 Å². The maximum absolute atomic E-state index is 13.7. The summed E-state index contributed by atoms with van der Waals surface area (Å²) < 4.78 is 32.0. The molecule has 88 valence electrons. The van der Waals surface area contributed by atoms with Gasteiger partial charge in [0, 0.05) is 17.2 Å². The number of benzene rings is 1. The molecular formula is C12H15F2NO. The number of halogens is 2. The zero-order valence-corrected chi connectivity index (χ0v) is 9.22. The van der Waals surface area contributed by atoms with E-state index in [4.69, 9.17) is 10.5 Å². The van der Waals surface area contributed by atoms with Crippen molar-refractivity contribution in [2.45, 2.75) is 31.2 Å². The fourth-order valence-corrected chi connectivity index (χ4v) is 2.32. The third-order valence-electron chi connectivity index (χ3n) is 3.27. The van der Waals surface area contributed by atoms with Crippen molar-refractivity contribution >= 4 is 0 Å². The maximum atomic E-state index is 13.7. The molecule has 2 nitrogen and oxygen atoms in total. The minimum Gasteiger partial charge on any atom is -0.497 e. The first-order chi connectivity index (χ1) is 7.57. The average molecular weight is 227 g/mol. The highest BCUT2D eigenvalue weighted by molar-refractivity contribution is 5.36. The lowest BCUT2D eigenvalue weighted by Gasteiger charge is -2.25. The van der Waals surface area contributed by atoms with Gasteiger partial charge in [0.05, 0.1) is 7.11 Å². The first kappa shape index (κ1) is 11.3. The Morgan fingerprint density at radius 3 is 2.44 bits per heavy atom. The molecule has 0 saturated heterocycles. The lowest BCUT2D eigenvalue weighted by molar-refractivity contribution is 0.384. The highest BCUT2D eigenvalue weighted by atomic mass is 19.2. The molecule has 0 amide bonds. The molecule has 0 aliphatic heterocycles. The summed E-state index contributed by atoms with van der Waals surface area (Å²) in [5, 5.41) is 0. The SMILES string of the molecule is COc1cc(F)c(F)c(C2(N)CCCC2)c1. The maximum Gasteiger partial charge on any atom is 0.164 e. The lowest BCUT2D eigenvalue weighted by Crippen LogP contribution is -2.34. The lowest BCUT2D eigenvalue weighted by atomic mass is 9.88. The van der Waals surface area contributed by atoms with Gasteiger partial charge in [-0.3, -0.25) is 0 Å². The zero-order valence-electron chi connectivity index (χ0n) is 9.22. The number of hydrogen-bond donors (Lipinski definition) is 1. The molecule has 2 rings (SSSR count). The van der Waals surface area contributed by atoms with Crippen molar-refractivity contribution < 1.29 is 13.5 Å². The van der Waals surface area contributed by atoms with Crippen LogP contribution >= 0.6 is 0 Å². The first-order valence-electron chi connectivity index (χ1n) is 5.39. The van der Waals surface area contributed by atoms with E-state index in [2.05, 4.69) is 0 Å². The summed E-state index contributed by atoms with van der Waals surface area (Å²) in [6.07, 6.45) is 3.29. The normalized spacial score (nSPS) is 18.8. The molecular weight excluding hydrogens is 212 g/mol. The van der Waals surface area contributed by atoms with Crippen molar-refractivity contribution in [1.82, 2.24) is 0 Å². The highest BCUT2D eigenvalue weighted by Gasteiger charge is 2.35. The van der Waals surface area contributed by atoms with Crippen LogP contribution in [-0.4, -0.2) is 7.11 Å². The van der Waals surface area contributed by atoms with E-state index < -0.39 is 17.2 Å². The van der Waals surface area contributed by atoms with E-state index in [1.165, 1.54) is 13.2 Å². The Morgan fingerprint density at radius 1 is 1.25 bits per heavy atom. The van der Waals surface area contributed by atoms with Gasteiger partial charge in [-0.1, -0.05) is 12.8 Å². The Balaban J connectivity index is 2.50. The second kappa shape index (κ2) is 4.01. The number of nitrogens with two attached hydrogens (primary N) is 1. The van der Waals surface area contributed by atoms with Gasteiger partial charge in [-0.2, -0.15) is 0 Å². The van der Waals surface area contributed by atoms with Gasteiger partial charge in [-0.25, -0.2) is 8.78 Å². The molecule has 1 aromatic carbocycles. The summed E-state index contributed by atoms with van der Waals surface area (Å²) in [5.41, 5.74) is 5.61. The molecule has 1 saturated carbocycles. The van der Waals surface area contributed by atoms with Gasteiger partial charge < -0.3 is 10.5 Å². The van der Waals surface area contributed by atoms with Gasteiger partial charge in [0.2, 0.25) is 0 Å². The monoisotopic (exact) mass is 227 g/mol.